The lowest BCUT2D eigenvalue weighted by molar-refractivity contribution is -0.330. The summed E-state index contributed by atoms with van der Waals surface area (Å²) >= 11 is 0. The molecule has 0 aromatic heterocycles. The molecule has 412 valence electrons. The van der Waals surface area contributed by atoms with Crippen molar-refractivity contribution in [1.29, 1.82) is 0 Å². The van der Waals surface area contributed by atoms with E-state index in [4.69, 9.17) is 43.6 Å². The van der Waals surface area contributed by atoms with Crippen molar-refractivity contribution < 1.29 is 42.7 Å². The number of nitrogens with two attached hydrogens (primary N) is 1. The Bertz CT molecular complexity index is 2420. The second-order valence-corrected chi connectivity index (χ2v) is 20.1. The topological polar surface area (TPSA) is 129 Å². The Morgan fingerprint density at radius 3 is 1.35 bits per heavy atom. The predicted molar refractivity (Wildman–Crippen MR) is 303 cm³/mol. The summed E-state index contributed by atoms with van der Waals surface area (Å²) in [4.78, 5) is 14.3. The molecule has 1 saturated heterocycles. The number of rotatable bonds is 37. The van der Waals surface area contributed by atoms with E-state index < -0.39 is 49.0 Å². The molecule has 1 aliphatic rings. The zero-order valence-electron chi connectivity index (χ0n) is 45.3. The van der Waals surface area contributed by atoms with Crippen LogP contribution in [0.1, 0.15) is 111 Å². The molecule has 11 heteroatoms. The van der Waals surface area contributed by atoms with Gasteiger partial charge in [-0.3, -0.25) is 4.79 Å². The van der Waals surface area contributed by atoms with E-state index in [1.54, 1.807) is 0 Å². The van der Waals surface area contributed by atoms with Crippen LogP contribution in [0.25, 0.3) is 0 Å². The molecule has 8 atom stereocenters. The maximum Gasteiger partial charge on any atom is 0.220 e. The summed E-state index contributed by atoms with van der Waals surface area (Å²) in [5.41, 5.74) is 11.8. The Kier molecular flexibility index (Phi) is 26.9. The van der Waals surface area contributed by atoms with Crippen molar-refractivity contribution in [3.63, 3.8) is 0 Å². The lowest BCUT2D eigenvalue weighted by Crippen LogP contribution is -2.62. The number of carbonyl (C=O) groups is 1. The van der Waals surface area contributed by atoms with Gasteiger partial charge in [0.2, 0.25) is 5.91 Å². The molecule has 1 aliphatic heterocycles. The van der Waals surface area contributed by atoms with Crippen molar-refractivity contribution in [2.24, 2.45) is 5.73 Å². The first-order valence-electron chi connectivity index (χ1n) is 28.2. The Balaban J connectivity index is 1.19. The fourth-order valence-corrected chi connectivity index (χ4v) is 9.72. The number of unbranched alkanes of at least 4 members (excludes halogenated alkanes) is 8. The van der Waals surface area contributed by atoms with Crippen molar-refractivity contribution in [2.45, 2.75) is 166 Å². The Hall–Kier alpha value is -5.57. The highest BCUT2D eigenvalue weighted by Crippen LogP contribution is 2.32. The summed E-state index contributed by atoms with van der Waals surface area (Å²) in [6, 6.07) is 59.9. The molecular formula is C66H84N2O9. The maximum atomic E-state index is 14.3. The largest absolute Gasteiger partial charge is 0.374 e. The summed E-state index contributed by atoms with van der Waals surface area (Å²) in [5, 5.41) is 3.42. The molecule has 1 fully saturated rings. The van der Waals surface area contributed by atoms with Crippen molar-refractivity contribution in [3.8, 4) is 0 Å². The summed E-state index contributed by atoms with van der Waals surface area (Å²) < 4.78 is 55.5. The summed E-state index contributed by atoms with van der Waals surface area (Å²) in [7, 11) is 0. The van der Waals surface area contributed by atoms with Gasteiger partial charge in [-0.2, -0.15) is 0 Å². The van der Waals surface area contributed by atoms with Gasteiger partial charge in [-0.15, -0.1) is 0 Å². The van der Waals surface area contributed by atoms with Crippen molar-refractivity contribution in [2.75, 3.05) is 19.8 Å². The van der Waals surface area contributed by atoms with Gasteiger partial charge in [0.1, 0.15) is 30.5 Å². The third kappa shape index (κ3) is 21.3. The van der Waals surface area contributed by atoms with Gasteiger partial charge in [0.25, 0.3) is 0 Å². The van der Waals surface area contributed by atoms with E-state index in [9.17, 15) is 4.79 Å². The van der Waals surface area contributed by atoms with E-state index in [-0.39, 0.29) is 32.3 Å². The number of benzene rings is 6. The first kappa shape index (κ1) is 59.1. The van der Waals surface area contributed by atoms with Crippen LogP contribution in [0.2, 0.25) is 0 Å². The monoisotopic (exact) mass is 1050 g/mol. The quantitative estimate of drug-likeness (QED) is 0.0364. The van der Waals surface area contributed by atoms with Gasteiger partial charge in [0.05, 0.1) is 65.0 Å². The van der Waals surface area contributed by atoms with E-state index >= 15 is 0 Å². The van der Waals surface area contributed by atoms with E-state index in [2.05, 4.69) is 24.4 Å². The van der Waals surface area contributed by atoms with E-state index in [0.29, 0.717) is 39.3 Å². The molecule has 77 heavy (non-hydrogen) atoms. The number of nitrogens with one attached hydrogen (secondary N) is 1. The fourth-order valence-electron chi connectivity index (χ4n) is 9.72. The number of carbonyl (C=O) groups excluding carboxylic acids is 1. The van der Waals surface area contributed by atoms with Gasteiger partial charge in [-0.25, -0.2) is 0 Å². The molecule has 1 heterocycles. The molecule has 0 saturated carbocycles. The molecule has 6 aromatic rings. The molecule has 11 nitrogen and oxygen atoms in total. The smallest absolute Gasteiger partial charge is 0.220 e. The third-order valence-corrected chi connectivity index (χ3v) is 14.0. The van der Waals surface area contributed by atoms with Crippen LogP contribution < -0.4 is 11.1 Å². The minimum atomic E-state index is -1.00. The standard InChI is InChI=1S/C66H84N2O9/c1-2-59(71-45-53-32-18-11-19-33-53)62(72-46-54-34-20-12-21-35-54)58(68-61(69)42-28-8-6-4-3-5-7-9-29-43-67)50-76-66-65(75-49-57-40-26-15-27-41-57)64(74-48-56-38-24-14-25-39-56)63(73-47-55-36-22-13-23-37-55)60(77-66)51-70-44-52-30-16-10-17-31-52/h10-27,30-41,58-60,62-66H,2-9,28-29,42-51,67H2,1H3,(H,68,69)/t58-,59+,60?,62-,63-,64-,65?,66-/m0/s1. The number of hydrogen-bond acceptors (Lipinski definition) is 10. The molecule has 0 aliphatic carbocycles. The maximum absolute atomic E-state index is 14.3. The second-order valence-electron chi connectivity index (χ2n) is 20.1. The average molecular weight is 1050 g/mol. The molecule has 2 unspecified atom stereocenters. The molecular weight excluding hydrogens is 965 g/mol. The van der Waals surface area contributed by atoms with Crippen LogP contribution in [0.3, 0.4) is 0 Å². The minimum absolute atomic E-state index is 0.00888. The summed E-state index contributed by atoms with van der Waals surface area (Å²) in [6.07, 6.45) is 6.06. The van der Waals surface area contributed by atoms with E-state index in [1.165, 1.54) is 25.7 Å². The highest BCUT2D eigenvalue weighted by Gasteiger charge is 2.50. The number of hydrogen-bond donors (Lipinski definition) is 2. The first-order chi connectivity index (χ1) is 38.1. The van der Waals surface area contributed by atoms with E-state index in [1.807, 2.05) is 170 Å². The number of ether oxygens (including phenoxy) is 8. The van der Waals surface area contributed by atoms with Crippen LogP contribution in [0.15, 0.2) is 182 Å². The predicted octanol–water partition coefficient (Wildman–Crippen LogP) is 12.6. The zero-order chi connectivity index (χ0) is 53.4. The second kappa shape index (κ2) is 35.0. The molecule has 6 aromatic carbocycles. The Morgan fingerprint density at radius 2 is 0.883 bits per heavy atom. The summed E-state index contributed by atoms with van der Waals surface area (Å²) in [5.74, 6) is -0.0707. The molecule has 0 radical (unpaired) electrons. The fraction of sp³-hybridized carbons (Fsp3) is 0.439. The normalized spacial score (nSPS) is 18.6. The van der Waals surface area contributed by atoms with Gasteiger partial charge in [-0.1, -0.05) is 234 Å². The van der Waals surface area contributed by atoms with Crippen LogP contribution in [0.5, 0.6) is 0 Å². The molecule has 3 N–H and O–H groups in total. The van der Waals surface area contributed by atoms with Gasteiger partial charge >= 0.3 is 0 Å². The highest BCUT2D eigenvalue weighted by atomic mass is 16.7. The Morgan fingerprint density at radius 1 is 0.481 bits per heavy atom. The van der Waals surface area contributed by atoms with Gasteiger partial charge in [0.15, 0.2) is 6.29 Å². The summed E-state index contributed by atoms with van der Waals surface area (Å²) in [6.45, 7) is 4.91. The number of amides is 1. The lowest BCUT2D eigenvalue weighted by atomic mass is 9.97. The van der Waals surface area contributed by atoms with Crippen LogP contribution in [0.4, 0.5) is 0 Å². The average Bonchev–Trinajstić information content (AvgIpc) is 3.48. The van der Waals surface area contributed by atoms with E-state index in [0.717, 1.165) is 72.0 Å². The van der Waals surface area contributed by atoms with Crippen molar-refractivity contribution >= 4 is 5.91 Å². The molecule has 0 bridgehead atoms. The lowest BCUT2D eigenvalue weighted by Gasteiger charge is -2.46. The Labute approximate surface area is 459 Å². The van der Waals surface area contributed by atoms with Crippen molar-refractivity contribution in [3.05, 3.63) is 215 Å². The van der Waals surface area contributed by atoms with Crippen LogP contribution in [0, 0.1) is 0 Å². The highest BCUT2D eigenvalue weighted by molar-refractivity contribution is 5.76. The van der Waals surface area contributed by atoms with Gasteiger partial charge in [0, 0.05) is 6.42 Å². The first-order valence-corrected chi connectivity index (χ1v) is 28.2. The van der Waals surface area contributed by atoms with Crippen molar-refractivity contribution in [1.82, 2.24) is 5.32 Å². The third-order valence-electron chi connectivity index (χ3n) is 14.0. The van der Waals surface area contributed by atoms with Crippen LogP contribution >= 0.6 is 0 Å². The SMILES string of the molecule is CC[C@@H](OCc1ccccc1)[C@@H](OCc1ccccc1)[C@H](CO[C@H]1OC(COCc2ccccc2)[C@H](OCc2ccccc2)[C@H](OCc2ccccc2)C1OCc1ccccc1)NC(=O)CCCCCCCCCCCN. The zero-order valence-corrected chi connectivity index (χ0v) is 45.3. The van der Waals surface area contributed by atoms with Crippen LogP contribution in [-0.2, 0) is 82.3 Å². The van der Waals surface area contributed by atoms with Gasteiger partial charge < -0.3 is 48.9 Å². The van der Waals surface area contributed by atoms with Gasteiger partial charge in [-0.05, 0) is 59.2 Å². The molecule has 7 rings (SSSR count). The molecule has 1 amide bonds. The minimum Gasteiger partial charge on any atom is -0.374 e. The molecule has 0 spiro atoms. The van der Waals surface area contributed by atoms with Crippen LogP contribution in [-0.4, -0.2) is 74.6 Å².